The maximum Gasteiger partial charge on any atom is 0.407 e. The van der Waals surface area contributed by atoms with Gasteiger partial charge in [-0.15, -0.1) is 24.0 Å². The van der Waals surface area contributed by atoms with Crippen LogP contribution in [0.15, 0.2) is 4.99 Å². The van der Waals surface area contributed by atoms with Crippen molar-refractivity contribution in [3.8, 4) is 0 Å². The lowest BCUT2D eigenvalue weighted by Crippen LogP contribution is -2.40. The Labute approximate surface area is 198 Å². The van der Waals surface area contributed by atoms with Gasteiger partial charge in [0, 0.05) is 32.6 Å². The van der Waals surface area contributed by atoms with Gasteiger partial charge in [0.25, 0.3) is 0 Å². The molecule has 0 bridgehead atoms. The van der Waals surface area contributed by atoms with Gasteiger partial charge in [-0.05, 0) is 72.5 Å². The van der Waals surface area contributed by atoms with Gasteiger partial charge in [-0.25, -0.2) is 4.79 Å². The molecule has 1 heterocycles. The van der Waals surface area contributed by atoms with Crippen molar-refractivity contribution in [3.63, 3.8) is 0 Å². The summed E-state index contributed by atoms with van der Waals surface area (Å²) in [6, 6.07) is 0. The van der Waals surface area contributed by atoms with Gasteiger partial charge < -0.3 is 31.3 Å². The Morgan fingerprint density at radius 1 is 1.03 bits per heavy atom. The minimum Gasteiger partial charge on any atom is -0.444 e. The number of primary amides is 1. The van der Waals surface area contributed by atoms with Crippen LogP contribution in [0.3, 0.4) is 0 Å². The van der Waals surface area contributed by atoms with E-state index in [2.05, 4.69) is 25.8 Å². The summed E-state index contributed by atoms with van der Waals surface area (Å²) in [6.45, 7) is 10.6. The molecule has 10 heteroatoms. The number of unbranched alkanes of at least 4 members (excludes halogenated alkanes) is 1. The van der Waals surface area contributed by atoms with Crippen molar-refractivity contribution < 1.29 is 14.3 Å². The fourth-order valence-electron chi connectivity index (χ4n) is 3.13. The molecule has 5 N–H and O–H groups in total. The normalized spacial score (nSPS) is 15.8. The van der Waals surface area contributed by atoms with Gasteiger partial charge in [0.1, 0.15) is 5.60 Å². The number of piperidine rings is 1. The van der Waals surface area contributed by atoms with Crippen LogP contribution in [-0.2, 0) is 9.53 Å². The highest BCUT2D eigenvalue weighted by atomic mass is 127. The molecule has 1 aliphatic heterocycles. The van der Waals surface area contributed by atoms with E-state index in [0.29, 0.717) is 13.1 Å². The van der Waals surface area contributed by atoms with E-state index in [1.807, 2.05) is 20.8 Å². The molecule has 1 aliphatic rings. The highest BCUT2D eigenvalue weighted by Crippen LogP contribution is 2.16. The second-order valence-electron chi connectivity index (χ2n) is 8.43. The number of carbonyl (C=O) groups excluding carboxylic acids is 2. The Kier molecular flexibility index (Phi) is 14.8. The molecule has 30 heavy (non-hydrogen) atoms. The van der Waals surface area contributed by atoms with Gasteiger partial charge in [0.05, 0.1) is 0 Å². The Hall–Kier alpha value is -1.30. The predicted octanol–water partition coefficient (Wildman–Crippen LogP) is 1.66. The van der Waals surface area contributed by atoms with Crippen molar-refractivity contribution in [2.45, 2.75) is 58.5 Å². The lowest BCUT2D eigenvalue weighted by molar-refractivity contribution is -0.123. The molecule has 0 aromatic carbocycles. The van der Waals surface area contributed by atoms with Crippen molar-refractivity contribution in [3.05, 3.63) is 0 Å². The molecule has 0 aromatic heterocycles. The standard InChI is InChI=1S/C20H40N6O3.HI/c1-20(2,3)29-19(28)25-12-7-11-24-18(22-4)23-10-5-6-13-26-14-8-16(9-15-26)17(21)27;/h16H,5-15H2,1-4H3,(H2,21,27)(H,25,28)(H2,22,23,24);1H. The number of rotatable bonds is 10. The number of hydrogen-bond acceptors (Lipinski definition) is 5. The van der Waals surface area contributed by atoms with Crippen LogP contribution in [0.25, 0.3) is 0 Å². The second kappa shape index (κ2) is 15.5. The fraction of sp³-hybridized carbons (Fsp3) is 0.850. The quantitative estimate of drug-likeness (QED) is 0.145. The molecule has 0 aliphatic carbocycles. The number of likely N-dealkylation sites (tertiary alicyclic amines) is 1. The van der Waals surface area contributed by atoms with Crippen LogP contribution in [0.4, 0.5) is 4.79 Å². The summed E-state index contributed by atoms with van der Waals surface area (Å²) in [4.78, 5) is 29.4. The number of nitrogens with two attached hydrogens (primary N) is 1. The Morgan fingerprint density at radius 3 is 2.13 bits per heavy atom. The van der Waals surface area contributed by atoms with E-state index in [-0.39, 0.29) is 41.9 Å². The monoisotopic (exact) mass is 540 g/mol. The van der Waals surface area contributed by atoms with Gasteiger partial charge in [-0.2, -0.15) is 0 Å². The topological polar surface area (TPSA) is 121 Å². The van der Waals surface area contributed by atoms with E-state index in [1.165, 1.54) is 0 Å². The van der Waals surface area contributed by atoms with Gasteiger partial charge in [0.15, 0.2) is 5.96 Å². The predicted molar refractivity (Wildman–Crippen MR) is 131 cm³/mol. The average Bonchev–Trinajstić information content (AvgIpc) is 2.64. The van der Waals surface area contributed by atoms with E-state index >= 15 is 0 Å². The molecule has 0 radical (unpaired) electrons. The van der Waals surface area contributed by atoms with Crippen LogP contribution in [0, 0.1) is 5.92 Å². The minimum atomic E-state index is -0.478. The number of nitrogens with one attached hydrogen (secondary N) is 3. The zero-order valence-electron chi connectivity index (χ0n) is 19.0. The number of hydrogen-bond donors (Lipinski definition) is 4. The lowest BCUT2D eigenvalue weighted by atomic mass is 9.96. The number of halogens is 1. The Bertz CT molecular complexity index is 531. The van der Waals surface area contributed by atoms with Crippen LogP contribution in [0.1, 0.15) is 52.9 Å². The molecule has 9 nitrogen and oxygen atoms in total. The largest absolute Gasteiger partial charge is 0.444 e. The molecule has 176 valence electrons. The van der Waals surface area contributed by atoms with Crippen molar-refractivity contribution in [1.82, 2.24) is 20.9 Å². The highest BCUT2D eigenvalue weighted by Gasteiger charge is 2.22. The summed E-state index contributed by atoms with van der Waals surface area (Å²) < 4.78 is 5.19. The zero-order chi connectivity index (χ0) is 21.7. The molecule has 0 atom stereocenters. The maximum atomic E-state index is 11.6. The average molecular weight is 540 g/mol. The van der Waals surface area contributed by atoms with E-state index in [4.69, 9.17) is 10.5 Å². The highest BCUT2D eigenvalue weighted by molar-refractivity contribution is 14.0. The van der Waals surface area contributed by atoms with Crippen LogP contribution < -0.4 is 21.7 Å². The number of alkyl carbamates (subject to hydrolysis) is 1. The molecule has 1 fully saturated rings. The van der Waals surface area contributed by atoms with Crippen molar-refractivity contribution in [2.75, 3.05) is 46.3 Å². The molecular formula is C20H41IN6O3. The van der Waals surface area contributed by atoms with E-state index in [1.54, 1.807) is 7.05 Å². The van der Waals surface area contributed by atoms with Gasteiger partial charge in [-0.1, -0.05) is 0 Å². The number of ether oxygens (including phenoxy) is 1. The van der Waals surface area contributed by atoms with Crippen LogP contribution in [0.2, 0.25) is 0 Å². The summed E-state index contributed by atoms with van der Waals surface area (Å²) in [5.74, 6) is 0.666. The minimum absolute atomic E-state index is 0. The third-order valence-electron chi connectivity index (χ3n) is 4.72. The number of carbonyl (C=O) groups is 2. The molecule has 0 saturated carbocycles. The fourth-order valence-corrected chi connectivity index (χ4v) is 3.13. The first-order valence-corrected chi connectivity index (χ1v) is 10.6. The molecule has 2 amide bonds. The second-order valence-corrected chi connectivity index (χ2v) is 8.43. The van der Waals surface area contributed by atoms with Crippen molar-refractivity contribution in [1.29, 1.82) is 0 Å². The molecule has 1 rings (SSSR count). The van der Waals surface area contributed by atoms with Crippen LogP contribution in [0.5, 0.6) is 0 Å². The van der Waals surface area contributed by atoms with Crippen molar-refractivity contribution >= 4 is 41.9 Å². The smallest absolute Gasteiger partial charge is 0.407 e. The number of amides is 2. The summed E-state index contributed by atoms with van der Waals surface area (Å²) in [5.41, 5.74) is 4.90. The van der Waals surface area contributed by atoms with E-state index in [9.17, 15) is 9.59 Å². The van der Waals surface area contributed by atoms with Gasteiger partial charge in [-0.3, -0.25) is 9.79 Å². The van der Waals surface area contributed by atoms with Gasteiger partial charge >= 0.3 is 6.09 Å². The summed E-state index contributed by atoms with van der Waals surface area (Å²) in [6.07, 6.45) is 4.31. The van der Waals surface area contributed by atoms with Gasteiger partial charge in [0.2, 0.25) is 5.91 Å². The van der Waals surface area contributed by atoms with Crippen LogP contribution in [-0.4, -0.2) is 74.8 Å². The van der Waals surface area contributed by atoms with E-state index < -0.39 is 5.60 Å². The van der Waals surface area contributed by atoms with Crippen molar-refractivity contribution in [2.24, 2.45) is 16.6 Å². The maximum absolute atomic E-state index is 11.6. The first kappa shape index (κ1) is 28.7. The SMILES string of the molecule is CN=C(NCCCCN1CCC(C(N)=O)CC1)NCCCNC(=O)OC(C)(C)C.I. The van der Waals surface area contributed by atoms with E-state index in [0.717, 1.165) is 64.2 Å². The number of aliphatic imine (C=N–C) groups is 1. The molecule has 1 saturated heterocycles. The third kappa shape index (κ3) is 13.8. The number of guanidine groups is 1. The number of nitrogens with zero attached hydrogens (tertiary/aromatic N) is 2. The molecule has 0 unspecified atom stereocenters. The summed E-state index contributed by atoms with van der Waals surface area (Å²) in [7, 11) is 1.75. The molecular weight excluding hydrogens is 499 g/mol. The summed E-state index contributed by atoms with van der Waals surface area (Å²) >= 11 is 0. The molecule has 0 spiro atoms. The lowest BCUT2D eigenvalue weighted by Gasteiger charge is -2.30. The zero-order valence-corrected chi connectivity index (χ0v) is 21.3. The van der Waals surface area contributed by atoms with Crippen LogP contribution >= 0.6 is 24.0 Å². The summed E-state index contributed by atoms with van der Waals surface area (Å²) in [5, 5.41) is 9.29. The third-order valence-corrected chi connectivity index (χ3v) is 4.72. The molecule has 0 aromatic rings. The first-order chi connectivity index (χ1) is 13.7. The Morgan fingerprint density at radius 2 is 1.60 bits per heavy atom. The first-order valence-electron chi connectivity index (χ1n) is 10.6. The Balaban J connectivity index is 0.00000841.